The monoisotopic (exact) mass is 189 g/mol. The number of hydrogen-bond donors (Lipinski definition) is 0. The molecule has 1 unspecified atom stereocenters. The summed E-state index contributed by atoms with van der Waals surface area (Å²) in [6.07, 6.45) is 4.48. The molecule has 0 aromatic rings. The van der Waals surface area contributed by atoms with E-state index in [4.69, 9.17) is 0 Å². The summed E-state index contributed by atoms with van der Waals surface area (Å²) in [4.78, 5) is 0. The van der Waals surface area contributed by atoms with Crippen molar-refractivity contribution < 1.29 is 4.55 Å². The molecule has 0 amide bonds. The molecule has 2 heteroatoms. The van der Waals surface area contributed by atoms with Gasteiger partial charge in [-0.05, 0) is 18.8 Å². The van der Waals surface area contributed by atoms with E-state index in [1.54, 1.807) is 0 Å². The van der Waals surface area contributed by atoms with Gasteiger partial charge in [0, 0.05) is 0 Å². The predicted molar refractivity (Wildman–Crippen MR) is 56.5 cm³/mol. The van der Waals surface area contributed by atoms with Crippen LogP contribution in [0.1, 0.15) is 39.5 Å². The first-order valence-corrected chi connectivity index (χ1v) is 6.29. The van der Waals surface area contributed by atoms with E-state index in [0.717, 1.165) is 24.3 Å². The fourth-order valence-electron chi connectivity index (χ4n) is 1.07. The lowest BCUT2D eigenvalue weighted by Crippen LogP contribution is -2.15. The fourth-order valence-corrected chi connectivity index (χ4v) is 2.51. The van der Waals surface area contributed by atoms with Gasteiger partial charge in [0.2, 0.25) is 0 Å². The van der Waals surface area contributed by atoms with Crippen LogP contribution >= 0.6 is 0 Å². The highest BCUT2D eigenvalue weighted by Gasteiger charge is 2.07. The minimum Gasteiger partial charge on any atom is -0.616 e. The van der Waals surface area contributed by atoms with Gasteiger partial charge in [0.05, 0.1) is 0 Å². The van der Waals surface area contributed by atoms with Crippen molar-refractivity contribution >= 4 is 11.2 Å². The van der Waals surface area contributed by atoms with E-state index in [2.05, 4.69) is 20.8 Å². The zero-order chi connectivity index (χ0) is 9.40. The molecule has 0 aliphatic carbocycles. The first kappa shape index (κ1) is 12.3. The molecule has 0 aliphatic heterocycles. The molecule has 1 radical (unpaired) electrons. The van der Waals surface area contributed by atoms with Crippen LogP contribution < -0.4 is 0 Å². The molecule has 0 rings (SSSR count). The van der Waals surface area contributed by atoms with Crippen LogP contribution in [0.5, 0.6) is 0 Å². The SMILES string of the molecule is [CH2]CCCCC[S+]([O-])CC(C)C. The van der Waals surface area contributed by atoms with Gasteiger partial charge in [-0.1, -0.05) is 44.8 Å². The summed E-state index contributed by atoms with van der Waals surface area (Å²) in [6.45, 7) is 8.01. The van der Waals surface area contributed by atoms with Crippen LogP contribution in [-0.2, 0) is 11.2 Å². The van der Waals surface area contributed by atoms with Crippen LogP contribution in [0.2, 0.25) is 0 Å². The highest BCUT2D eigenvalue weighted by atomic mass is 32.2. The summed E-state index contributed by atoms with van der Waals surface area (Å²) in [5.41, 5.74) is 0. The van der Waals surface area contributed by atoms with E-state index in [-0.39, 0.29) is 0 Å². The van der Waals surface area contributed by atoms with Crippen LogP contribution in [0.15, 0.2) is 0 Å². The largest absolute Gasteiger partial charge is 0.616 e. The summed E-state index contributed by atoms with van der Waals surface area (Å²) in [7, 11) is 0. The highest BCUT2D eigenvalue weighted by Crippen LogP contribution is 2.05. The Morgan fingerprint density at radius 2 is 1.92 bits per heavy atom. The third-order valence-corrected chi connectivity index (χ3v) is 3.42. The molecule has 0 spiro atoms. The minimum absolute atomic E-state index is 0.568. The molecule has 1 nitrogen and oxygen atoms in total. The molecular weight excluding hydrogens is 168 g/mol. The van der Waals surface area contributed by atoms with E-state index >= 15 is 0 Å². The third-order valence-electron chi connectivity index (χ3n) is 1.64. The Balaban J connectivity index is 3.14. The van der Waals surface area contributed by atoms with Crippen molar-refractivity contribution in [2.75, 3.05) is 11.5 Å². The van der Waals surface area contributed by atoms with Crippen LogP contribution in [0.3, 0.4) is 0 Å². The van der Waals surface area contributed by atoms with Gasteiger partial charge in [-0.2, -0.15) is 0 Å². The topological polar surface area (TPSA) is 23.1 Å². The molecular formula is C10H21OS. The second-order valence-electron chi connectivity index (χ2n) is 3.62. The maximum Gasteiger partial charge on any atom is 0.107 e. The van der Waals surface area contributed by atoms with Crippen molar-refractivity contribution in [3.63, 3.8) is 0 Å². The van der Waals surface area contributed by atoms with Crippen molar-refractivity contribution in [3.05, 3.63) is 6.92 Å². The lowest BCUT2D eigenvalue weighted by atomic mass is 10.2. The predicted octanol–water partition coefficient (Wildman–Crippen LogP) is 2.79. The Labute approximate surface area is 80.1 Å². The Bertz CT molecular complexity index is 93.8. The van der Waals surface area contributed by atoms with E-state index in [0.29, 0.717) is 5.92 Å². The van der Waals surface area contributed by atoms with Crippen molar-refractivity contribution in [1.82, 2.24) is 0 Å². The van der Waals surface area contributed by atoms with Crippen molar-refractivity contribution in [2.24, 2.45) is 5.92 Å². The zero-order valence-corrected chi connectivity index (χ0v) is 9.16. The first-order valence-electron chi connectivity index (χ1n) is 4.81. The summed E-state index contributed by atoms with van der Waals surface area (Å²) < 4.78 is 11.3. The van der Waals surface area contributed by atoms with Gasteiger partial charge in [0.15, 0.2) is 0 Å². The van der Waals surface area contributed by atoms with Gasteiger partial charge in [0.25, 0.3) is 0 Å². The number of unbranched alkanes of at least 4 members (excludes halogenated alkanes) is 3. The summed E-state index contributed by atoms with van der Waals surface area (Å²) in [5, 5.41) is 0. The van der Waals surface area contributed by atoms with E-state index in [9.17, 15) is 4.55 Å². The van der Waals surface area contributed by atoms with Crippen LogP contribution in [0, 0.1) is 12.8 Å². The molecule has 1 atom stereocenters. The molecule has 12 heavy (non-hydrogen) atoms. The molecule has 0 aliphatic rings. The van der Waals surface area contributed by atoms with Gasteiger partial charge >= 0.3 is 0 Å². The van der Waals surface area contributed by atoms with Gasteiger partial charge in [-0.15, -0.1) is 0 Å². The Kier molecular flexibility index (Phi) is 8.14. The minimum atomic E-state index is -0.574. The van der Waals surface area contributed by atoms with E-state index < -0.39 is 11.2 Å². The second kappa shape index (κ2) is 7.93. The molecule has 0 saturated heterocycles. The molecule has 0 saturated carbocycles. The van der Waals surface area contributed by atoms with Gasteiger partial charge in [-0.3, -0.25) is 0 Å². The van der Waals surface area contributed by atoms with Crippen LogP contribution in [0.4, 0.5) is 0 Å². The summed E-state index contributed by atoms with van der Waals surface area (Å²) in [5.74, 6) is 2.32. The summed E-state index contributed by atoms with van der Waals surface area (Å²) in [6, 6.07) is 0. The molecule has 0 aromatic carbocycles. The maximum absolute atomic E-state index is 11.3. The maximum atomic E-state index is 11.3. The molecule has 0 aromatic heterocycles. The van der Waals surface area contributed by atoms with Gasteiger partial charge in [-0.25, -0.2) is 0 Å². The van der Waals surface area contributed by atoms with Crippen LogP contribution in [-0.4, -0.2) is 16.1 Å². The zero-order valence-electron chi connectivity index (χ0n) is 8.34. The molecule has 73 valence electrons. The highest BCUT2D eigenvalue weighted by molar-refractivity contribution is 7.91. The van der Waals surface area contributed by atoms with Crippen molar-refractivity contribution in [1.29, 1.82) is 0 Å². The molecule has 0 N–H and O–H groups in total. The molecule has 0 heterocycles. The number of rotatable bonds is 7. The van der Waals surface area contributed by atoms with Gasteiger partial charge in [0.1, 0.15) is 11.5 Å². The summed E-state index contributed by atoms with van der Waals surface area (Å²) >= 11 is -0.574. The smallest absolute Gasteiger partial charge is 0.107 e. The van der Waals surface area contributed by atoms with Crippen LogP contribution in [0.25, 0.3) is 0 Å². The average Bonchev–Trinajstić information content (AvgIpc) is 1.97. The Morgan fingerprint density at radius 1 is 1.25 bits per heavy atom. The van der Waals surface area contributed by atoms with E-state index in [1.807, 2.05) is 0 Å². The lowest BCUT2D eigenvalue weighted by molar-refractivity contribution is 0.576. The Morgan fingerprint density at radius 3 is 2.42 bits per heavy atom. The average molecular weight is 189 g/mol. The fraction of sp³-hybridized carbons (Fsp3) is 0.900. The first-order chi connectivity index (χ1) is 5.66. The normalized spacial score (nSPS) is 13.8. The lowest BCUT2D eigenvalue weighted by Gasteiger charge is -2.12. The molecule has 0 bridgehead atoms. The molecule has 0 fully saturated rings. The Hall–Kier alpha value is 0.310. The van der Waals surface area contributed by atoms with Crippen molar-refractivity contribution in [2.45, 2.75) is 39.5 Å². The van der Waals surface area contributed by atoms with E-state index in [1.165, 1.54) is 12.8 Å². The van der Waals surface area contributed by atoms with Crippen molar-refractivity contribution in [3.8, 4) is 0 Å². The quantitative estimate of drug-likeness (QED) is 0.446. The second-order valence-corrected chi connectivity index (χ2v) is 5.24. The van der Waals surface area contributed by atoms with Gasteiger partial charge < -0.3 is 4.55 Å². The standard InChI is InChI=1S/C10H21OS/c1-4-5-6-7-8-12(11)9-10(2)3/h10H,1,4-9H2,2-3H3. The number of hydrogen-bond acceptors (Lipinski definition) is 1. The third kappa shape index (κ3) is 8.41.